The van der Waals surface area contributed by atoms with Crippen LogP contribution in [0.3, 0.4) is 0 Å². The van der Waals surface area contributed by atoms with Gasteiger partial charge in [-0.15, -0.1) is 0 Å². The zero-order valence-corrected chi connectivity index (χ0v) is 21.9. The maximum absolute atomic E-state index is 10.4. The molecular weight excluding hydrogens is 482 g/mol. The Balaban J connectivity index is 1.75. The Bertz CT molecular complexity index is 1180. The third kappa shape index (κ3) is 5.20. The Hall–Kier alpha value is -2.72. The highest BCUT2D eigenvalue weighted by Crippen LogP contribution is 2.50. The molecule has 0 amide bonds. The lowest BCUT2D eigenvalue weighted by atomic mass is 9.62. The molecule has 1 spiro atoms. The quantitative estimate of drug-likeness (QED) is 0.253. The number of ether oxygens (including phenoxy) is 1. The van der Waals surface area contributed by atoms with E-state index in [1.165, 1.54) is 0 Å². The van der Waals surface area contributed by atoms with E-state index in [0.717, 1.165) is 31.5 Å². The molecule has 1 aliphatic heterocycles. The summed E-state index contributed by atoms with van der Waals surface area (Å²) in [6, 6.07) is 5.16. The van der Waals surface area contributed by atoms with Gasteiger partial charge in [-0.1, -0.05) is 11.6 Å². The van der Waals surface area contributed by atoms with Crippen molar-refractivity contribution in [2.24, 2.45) is 5.41 Å². The maximum Gasteiger partial charge on any atom is 0.163 e. The van der Waals surface area contributed by atoms with Crippen molar-refractivity contribution in [3.05, 3.63) is 40.2 Å². The summed E-state index contributed by atoms with van der Waals surface area (Å²) in [5, 5.41) is 41.8. The second kappa shape index (κ2) is 10.3. The monoisotopic (exact) mass is 515 g/mol. The largest absolute Gasteiger partial charge is 0.512 e. The van der Waals surface area contributed by atoms with E-state index in [0.29, 0.717) is 45.8 Å². The average Bonchev–Trinajstić information content (AvgIpc) is 2.76. The number of hydrogen-bond donors (Lipinski definition) is 5. The molecule has 1 saturated carbocycles. The minimum atomic E-state index is -0.664. The minimum Gasteiger partial charge on any atom is -0.512 e. The number of aromatic nitrogens is 2. The summed E-state index contributed by atoms with van der Waals surface area (Å²) in [4.78, 5) is 11.8. The number of hydrogen-bond acceptors (Lipinski definition) is 9. The lowest BCUT2D eigenvalue weighted by Gasteiger charge is -2.58. The van der Waals surface area contributed by atoms with Crippen LogP contribution in [0.5, 0.6) is 5.75 Å². The zero-order valence-electron chi connectivity index (χ0n) is 21.1. The van der Waals surface area contributed by atoms with Gasteiger partial charge in [0.25, 0.3) is 0 Å². The van der Waals surface area contributed by atoms with Crippen LogP contribution >= 0.6 is 11.6 Å². The molecule has 10 heteroatoms. The van der Waals surface area contributed by atoms with Gasteiger partial charge in [-0.05, 0) is 58.9 Å². The molecule has 36 heavy (non-hydrogen) atoms. The van der Waals surface area contributed by atoms with Gasteiger partial charge in [-0.25, -0.2) is 9.97 Å². The number of nitrogens with zero attached hydrogens (tertiary/aromatic N) is 3. The molecule has 194 valence electrons. The summed E-state index contributed by atoms with van der Waals surface area (Å²) in [6.07, 6.45) is 0.685. The van der Waals surface area contributed by atoms with E-state index in [2.05, 4.69) is 10.2 Å². The number of aliphatic hydroxyl groups excluding tert-OH is 3. The Morgan fingerprint density at radius 2 is 2.00 bits per heavy atom. The van der Waals surface area contributed by atoms with Crippen molar-refractivity contribution in [2.75, 3.05) is 38.2 Å². The van der Waals surface area contributed by atoms with Crippen LogP contribution in [0.4, 0.5) is 5.82 Å². The summed E-state index contributed by atoms with van der Waals surface area (Å²) in [5.41, 5.74) is 2.46. The van der Waals surface area contributed by atoms with Gasteiger partial charge in [0.2, 0.25) is 0 Å². The van der Waals surface area contributed by atoms with E-state index in [1.807, 2.05) is 6.92 Å². The molecule has 9 nitrogen and oxygen atoms in total. The molecule has 0 radical (unpaired) electrons. The minimum absolute atomic E-state index is 0.00472. The number of benzene rings is 1. The number of anilines is 1. The van der Waals surface area contributed by atoms with E-state index >= 15 is 0 Å². The number of nitrogens with one attached hydrogen (secondary N) is 2. The van der Waals surface area contributed by atoms with Gasteiger partial charge >= 0.3 is 0 Å². The van der Waals surface area contributed by atoms with E-state index in [4.69, 9.17) is 31.7 Å². The van der Waals surface area contributed by atoms with Crippen molar-refractivity contribution in [3.63, 3.8) is 0 Å². The topological polar surface area (TPSA) is 135 Å². The SMILES string of the molecule is CNC[C@@H](O)COc1ccc(Cl)c(-c2nc(/C(C(C)=N)=C(\C)O)c(C)c(N3CC4(CC(O)C4)C3)n2)c1. The first-order valence-corrected chi connectivity index (χ1v) is 12.4. The number of rotatable bonds is 9. The van der Waals surface area contributed by atoms with Gasteiger partial charge in [0, 0.05) is 41.9 Å². The smallest absolute Gasteiger partial charge is 0.163 e. The Kier molecular flexibility index (Phi) is 7.56. The van der Waals surface area contributed by atoms with Crippen LogP contribution in [0, 0.1) is 17.7 Å². The van der Waals surface area contributed by atoms with Crippen molar-refractivity contribution in [2.45, 2.75) is 45.8 Å². The van der Waals surface area contributed by atoms with Gasteiger partial charge in [-0.2, -0.15) is 0 Å². The van der Waals surface area contributed by atoms with E-state index in [-0.39, 0.29) is 29.6 Å². The molecule has 1 aliphatic carbocycles. The molecule has 1 aromatic carbocycles. The van der Waals surface area contributed by atoms with Crippen molar-refractivity contribution in [1.29, 1.82) is 5.41 Å². The van der Waals surface area contributed by atoms with Gasteiger partial charge in [-0.3, -0.25) is 0 Å². The van der Waals surface area contributed by atoms with Crippen molar-refractivity contribution in [1.82, 2.24) is 15.3 Å². The summed E-state index contributed by atoms with van der Waals surface area (Å²) in [6.45, 7) is 7.12. The Labute approximate surface area is 216 Å². The molecule has 1 saturated heterocycles. The summed E-state index contributed by atoms with van der Waals surface area (Å²) in [5.74, 6) is 1.59. The van der Waals surface area contributed by atoms with Gasteiger partial charge in [0.1, 0.15) is 30.0 Å². The number of allylic oxidation sites excluding steroid dienone is 2. The fraction of sp³-hybridized carbons (Fsp3) is 0.500. The summed E-state index contributed by atoms with van der Waals surface area (Å²) >= 11 is 6.57. The molecular formula is C26H34ClN5O4. The lowest BCUT2D eigenvalue weighted by Crippen LogP contribution is -2.64. The standard InChI is InChI=1S/C26H34ClN5O4/c1-14-23(22(15(2)28)16(3)33)30-24(31-25(14)32-12-26(13-32)8-17(34)9-26)20-7-19(5-6-21(20)27)36-11-18(35)10-29-4/h5-7,17-18,28-29,33-35H,8-13H2,1-4H3/b22-16+,28-15?/t18-/m1/s1. The predicted octanol–water partition coefficient (Wildman–Crippen LogP) is 3.35. The molecule has 2 fully saturated rings. The highest BCUT2D eigenvalue weighted by Gasteiger charge is 2.52. The molecule has 2 aromatic rings. The summed E-state index contributed by atoms with van der Waals surface area (Å²) in [7, 11) is 1.76. The van der Waals surface area contributed by atoms with Crippen molar-refractivity contribution >= 4 is 28.7 Å². The van der Waals surface area contributed by atoms with Crippen LogP contribution < -0.4 is 15.0 Å². The molecule has 0 bridgehead atoms. The molecule has 4 rings (SSSR count). The Morgan fingerprint density at radius 1 is 1.31 bits per heavy atom. The van der Waals surface area contributed by atoms with Crippen LogP contribution in [-0.2, 0) is 0 Å². The zero-order chi connectivity index (χ0) is 26.2. The second-order valence-electron chi connectivity index (χ2n) is 10.0. The fourth-order valence-corrected chi connectivity index (χ4v) is 5.36. The summed E-state index contributed by atoms with van der Waals surface area (Å²) < 4.78 is 5.76. The van der Waals surface area contributed by atoms with E-state index in [1.54, 1.807) is 39.1 Å². The van der Waals surface area contributed by atoms with Crippen LogP contribution in [-0.4, -0.2) is 76.5 Å². The third-order valence-electron chi connectivity index (χ3n) is 6.84. The first kappa shape index (κ1) is 26.3. The third-order valence-corrected chi connectivity index (χ3v) is 7.17. The van der Waals surface area contributed by atoms with Crippen LogP contribution in [0.25, 0.3) is 17.0 Å². The molecule has 0 unspecified atom stereocenters. The first-order chi connectivity index (χ1) is 17.0. The second-order valence-corrected chi connectivity index (χ2v) is 10.4. The predicted molar refractivity (Wildman–Crippen MR) is 141 cm³/mol. The number of halogens is 1. The van der Waals surface area contributed by atoms with Gasteiger partial charge in [0.05, 0.1) is 22.4 Å². The highest BCUT2D eigenvalue weighted by molar-refractivity contribution is 6.33. The van der Waals surface area contributed by atoms with E-state index in [9.17, 15) is 15.3 Å². The number of likely N-dealkylation sites (N-methyl/N-ethyl adjacent to an activating group) is 1. The lowest BCUT2D eigenvalue weighted by molar-refractivity contribution is -0.0494. The molecule has 2 aliphatic rings. The van der Waals surface area contributed by atoms with E-state index < -0.39 is 6.10 Å². The van der Waals surface area contributed by atoms with Gasteiger partial charge < -0.3 is 35.7 Å². The molecule has 2 heterocycles. The maximum atomic E-state index is 10.4. The first-order valence-electron chi connectivity index (χ1n) is 12.1. The highest BCUT2D eigenvalue weighted by atomic mass is 35.5. The molecule has 1 atom stereocenters. The van der Waals surface area contributed by atoms with Gasteiger partial charge in [0.15, 0.2) is 5.82 Å². The molecule has 5 N–H and O–H groups in total. The van der Waals surface area contributed by atoms with Crippen molar-refractivity contribution in [3.8, 4) is 17.1 Å². The van der Waals surface area contributed by atoms with Crippen LogP contribution in [0.1, 0.15) is 37.9 Å². The van der Waals surface area contributed by atoms with Crippen LogP contribution in [0.15, 0.2) is 24.0 Å². The number of aliphatic hydroxyl groups is 3. The Morgan fingerprint density at radius 3 is 2.58 bits per heavy atom. The molecule has 1 aromatic heterocycles. The average molecular weight is 516 g/mol. The van der Waals surface area contributed by atoms with Crippen molar-refractivity contribution < 1.29 is 20.1 Å². The fourth-order valence-electron chi connectivity index (χ4n) is 5.16. The normalized spacial score (nSPS) is 18.4. The van der Waals surface area contributed by atoms with Crippen LogP contribution in [0.2, 0.25) is 5.02 Å².